The van der Waals surface area contributed by atoms with Crippen LogP contribution >= 0.6 is 11.8 Å². The molecule has 5 heteroatoms. The van der Waals surface area contributed by atoms with Crippen molar-refractivity contribution < 1.29 is 4.74 Å². The fraction of sp³-hybridized carbons (Fsp3) is 0.600. The SMILES string of the molecule is COc1ncnc(NCCCSC)c1C. The first-order chi connectivity index (χ1) is 7.29. The van der Waals surface area contributed by atoms with Crippen molar-refractivity contribution in [3.8, 4) is 5.88 Å². The maximum absolute atomic E-state index is 5.12. The molecule has 0 unspecified atom stereocenters. The summed E-state index contributed by atoms with van der Waals surface area (Å²) in [7, 11) is 1.62. The molecule has 84 valence electrons. The third-order valence-corrected chi connectivity index (χ3v) is 2.75. The van der Waals surface area contributed by atoms with Gasteiger partial charge in [-0.25, -0.2) is 9.97 Å². The molecule has 1 N–H and O–H groups in total. The summed E-state index contributed by atoms with van der Waals surface area (Å²) < 4.78 is 5.12. The number of aromatic nitrogens is 2. The lowest BCUT2D eigenvalue weighted by Crippen LogP contribution is -2.07. The zero-order chi connectivity index (χ0) is 11.1. The van der Waals surface area contributed by atoms with E-state index in [1.54, 1.807) is 7.11 Å². The van der Waals surface area contributed by atoms with Gasteiger partial charge in [-0.15, -0.1) is 0 Å². The molecule has 1 rings (SSSR count). The average Bonchev–Trinajstić information content (AvgIpc) is 2.26. The van der Waals surface area contributed by atoms with Crippen LogP contribution in [0.25, 0.3) is 0 Å². The van der Waals surface area contributed by atoms with Crippen LogP contribution in [0, 0.1) is 6.92 Å². The molecule has 1 aromatic rings. The molecule has 1 aromatic heterocycles. The van der Waals surface area contributed by atoms with Gasteiger partial charge in [0.15, 0.2) is 0 Å². The van der Waals surface area contributed by atoms with Gasteiger partial charge in [-0.1, -0.05) is 0 Å². The third kappa shape index (κ3) is 3.58. The van der Waals surface area contributed by atoms with Crippen molar-refractivity contribution in [3.05, 3.63) is 11.9 Å². The van der Waals surface area contributed by atoms with Crippen molar-refractivity contribution in [1.82, 2.24) is 9.97 Å². The molecule has 0 bridgehead atoms. The second-order valence-corrected chi connectivity index (χ2v) is 4.12. The standard InChI is InChI=1S/C10H17N3OS/c1-8-9(11-5-4-6-15-3)12-7-13-10(8)14-2/h7H,4-6H2,1-3H3,(H,11,12,13). The molecule has 0 radical (unpaired) electrons. The first-order valence-electron chi connectivity index (χ1n) is 4.88. The molecule has 0 amide bonds. The van der Waals surface area contributed by atoms with E-state index in [0.29, 0.717) is 5.88 Å². The second kappa shape index (κ2) is 6.50. The maximum atomic E-state index is 5.12. The van der Waals surface area contributed by atoms with Gasteiger partial charge < -0.3 is 10.1 Å². The van der Waals surface area contributed by atoms with Crippen LogP contribution in [0.3, 0.4) is 0 Å². The molecule has 15 heavy (non-hydrogen) atoms. The van der Waals surface area contributed by atoms with Crippen molar-refractivity contribution in [2.75, 3.05) is 31.0 Å². The summed E-state index contributed by atoms with van der Waals surface area (Å²) >= 11 is 1.85. The van der Waals surface area contributed by atoms with Gasteiger partial charge in [-0.2, -0.15) is 11.8 Å². The Bertz CT molecular complexity index is 307. The number of ether oxygens (including phenoxy) is 1. The van der Waals surface area contributed by atoms with Crippen LogP contribution in [-0.2, 0) is 0 Å². The molecule has 1 heterocycles. The maximum Gasteiger partial charge on any atom is 0.221 e. The quantitative estimate of drug-likeness (QED) is 0.753. The Kier molecular flexibility index (Phi) is 5.25. The predicted molar refractivity (Wildman–Crippen MR) is 64.8 cm³/mol. The van der Waals surface area contributed by atoms with Crippen molar-refractivity contribution in [2.24, 2.45) is 0 Å². The summed E-state index contributed by atoms with van der Waals surface area (Å²) in [6.07, 6.45) is 4.76. The van der Waals surface area contributed by atoms with Crippen molar-refractivity contribution in [2.45, 2.75) is 13.3 Å². The monoisotopic (exact) mass is 227 g/mol. The van der Waals surface area contributed by atoms with Gasteiger partial charge in [0.05, 0.1) is 12.7 Å². The molecule has 0 aliphatic carbocycles. The van der Waals surface area contributed by atoms with Gasteiger partial charge in [0.25, 0.3) is 0 Å². The van der Waals surface area contributed by atoms with E-state index in [-0.39, 0.29) is 0 Å². The molecular weight excluding hydrogens is 210 g/mol. The van der Waals surface area contributed by atoms with Gasteiger partial charge >= 0.3 is 0 Å². The van der Waals surface area contributed by atoms with Crippen LogP contribution < -0.4 is 10.1 Å². The lowest BCUT2D eigenvalue weighted by Gasteiger charge is -2.09. The zero-order valence-electron chi connectivity index (χ0n) is 9.41. The molecule has 0 saturated heterocycles. The minimum atomic E-state index is 0.636. The highest BCUT2D eigenvalue weighted by Gasteiger charge is 2.05. The van der Waals surface area contributed by atoms with E-state index in [0.717, 1.165) is 30.1 Å². The van der Waals surface area contributed by atoms with E-state index in [2.05, 4.69) is 21.5 Å². The van der Waals surface area contributed by atoms with E-state index in [1.807, 2.05) is 18.7 Å². The Balaban J connectivity index is 2.53. The largest absolute Gasteiger partial charge is 0.481 e. The lowest BCUT2D eigenvalue weighted by atomic mass is 10.3. The predicted octanol–water partition coefficient (Wildman–Crippen LogP) is 1.96. The summed E-state index contributed by atoms with van der Waals surface area (Å²) in [4.78, 5) is 8.20. The summed E-state index contributed by atoms with van der Waals surface area (Å²) in [5.41, 5.74) is 0.962. The van der Waals surface area contributed by atoms with Crippen LogP contribution in [-0.4, -0.2) is 35.6 Å². The van der Waals surface area contributed by atoms with E-state index in [4.69, 9.17) is 4.74 Å². The number of hydrogen-bond acceptors (Lipinski definition) is 5. The van der Waals surface area contributed by atoms with Crippen LogP contribution in [0.4, 0.5) is 5.82 Å². The number of hydrogen-bond donors (Lipinski definition) is 1. The fourth-order valence-electron chi connectivity index (χ4n) is 1.24. The van der Waals surface area contributed by atoms with Gasteiger partial charge in [-0.3, -0.25) is 0 Å². The number of nitrogens with one attached hydrogen (secondary N) is 1. The Morgan fingerprint density at radius 3 is 2.93 bits per heavy atom. The number of thioether (sulfide) groups is 1. The van der Waals surface area contributed by atoms with Crippen LogP contribution in [0.1, 0.15) is 12.0 Å². The lowest BCUT2D eigenvalue weighted by molar-refractivity contribution is 0.393. The molecule has 0 aliphatic rings. The van der Waals surface area contributed by atoms with E-state index in [1.165, 1.54) is 6.33 Å². The molecular formula is C10H17N3OS. The topological polar surface area (TPSA) is 47.0 Å². The molecule has 4 nitrogen and oxygen atoms in total. The Labute approximate surface area is 94.8 Å². The fourth-order valence-corrected chi connectivity index (χ4v) is 1.67. The summed E-state index contributed by atoms with van der Waals surface area (Å²) in [5.74, 6) is 2.66. The van der Waals surface area contributed by atoms with Gasteiger partial charge in [-0.05, 0) is 25.4 Å². The second-order valence-electron chi connectivity index (χ2n) is 3.13. The molecule has 0 atom stereocenters. The summed E-state index contributed by atoms with van der Waals surface area (Å²) in [6, 6.07) is 0. The molecule has 0 spiro atoms. The Hall–Kier alpha value is -0.970. The van der Waals surface area contributed by atoms with Crippen molar-refractivity contribution in [3.63, 3.8) is 0 Å². The number of anilines is 1. The summed E-state index contributed by atoms with van der Waals surface area (Å²) in [5, 5.41) is 3.28. The van der Waals surface area contributed by atoms with Gasteiger partial charge in [0.2, 0.25) is 5.88 Å². The average molecular weight is 227 g/mol. The van der Waals surface area contributed by atoms with Gasteiger partial charge in [0.1, 0.15) is 12.1 Å². The highest BCUT2D eigenvalue weighted by molar-refractivity contribution is 7.98. The smallest absolute Gasteiger partial charge is 0.221 e. The summed E-state index contributed by atoms with van der Waals surface area (Å²) in [6.45, 7) is 2.89. The number of methoxy groups -OCH3 is 1. The van der Waals surface area contributed by atoms with Crippen LogP contribution in [0.5, 0.6) is 5.88 Å². The number of rotatable bonds is 6. The first kappa shape index (κ1) is 12.1. The first-order valence-corrected chi connectivity index (χ1v) is 6.27. The molecule has 0 fully saturated rings. The highest BCUT2D eigenvalue weighted by Crippen LogP contribution is 2.19. The normalized spacial score (nSPS) is 10.1. The zero-order valence-corrected chi connectivity index (χ0v) is 10.2. The molecule has 0 aromatic carbocycles. The van der Waals surface area contributed by atoms with E-state index < -0.39 is 0 Å². The minimum Gasteiger partial charge on any atom is -0.481 e. The minimum absolute atomic E-state index is 0.636. The van der Waals surface area contributed by atoms with Crippen molar-refractivity contribution >= 4 is 17.6 Å². The Morgan fingerprint density at radius 1 is 1.47 bits per heavy atom. The molecule has 0 saturated carbocycles. The van der Waals surface area contributed by atoms with Crippen LogP contribution in [0.2, 0.25) is 0 Å². The molecule has 0 aliphatic heterocycles. The highest BCUT2D eigenvalue weighted by atomic mass is 32.2. The van der Waals surface area contributed by atoms with E-state index in [9.17, 15) is 0 Å². The van der Waals surface area contributed by atoms with Gasteiger partial charge in [0, 0.05) is 6.54 Å². The Morgan fingerprint density at radius 2 is 2.27 bits per heavy atom. The third-order valence-electron chi connectivity index (χ3n) is 2.05. The van der Waals surface area contributed by atoms with Crippen molar-refractivity contribution in [1.29, 1.82) is 0 Å². The van der Waals surface area contributed by atoms with E-state index >= 15 is 0 Å². The number of nitrogens with zero attached hydrogens (tertiary/aromatic N) is 2. The van der Waals surface area contributed by atoms with Crippen LogP contribution in [0.15, 0.2) is 6.33 Å².